The summed E-state index contributed by atoms with van der Waals surface area (Å²) in [5.74, 6) is -0.938. The molecule has 714 valence electrons. The van der Waals surface area contributed by atoms with Gasteiger partial charge in [0.15, 0.2) is 123 Å². The average Bonchev–Trinajstić information content (AvgIpc) is 1.60. The Balaban J connectivity index is 0.000000129. The third kappa shape index (κ3) is 18.9. The zero-order chi connectivity index (χ0) is 93.8. The Labute approximate surface area is 768 Å². The first kappa shape index (κ1) is 94.6. The number of ketones is 2. The van der Waals surface area contributed by atoms with Crippen LogP contribution in [-0.2, 0) is 146 Å². The molecular weight excluding hydrogens is 2030 g/mol. The second kappa shape index (κ2) is 36.4. The molecule has 70 heteroatoms. The Bertz CT molecular complexity index is 6880. The Morgan fingerprint density at radius 3 is 1.19 bits per heavy atom. The number of H-pyrrole nitrogens is 3. The molecule has 16 N–H and O–H groups in total. The van der Waals surface area contributed by atoms with E-state index < -0.39 is 232 Å². The molecule has 0 spiro atoms. The molecule has 10 aromatic rings. The van der Waals surface area contributed by atoms with Crippen molar-refractivity contribution in [3.63, 3.8) is 0 Å². The summed E-state index contributed by atoms with van der Waals surface area (Å²) in [6, 6.07) is 1.61. The van der Waals surface area contributed by atoms with Crippen LogP contribution in [0.25, 0.3) is 44.7 Å². The number of alkyl halides is 4. The van der Waals surface area contributed by atoms with Gasteiger partial charge in [-0.3, -0.25) is 88.9 Å². The Morgan fingerprint density at radius 2 is 0.744 bits per heavy atom. The average molecular weight is 2090 g/mol. The van der Waals surface area contributed by atoms with Crippen LogP contribution in [0.5, 0.6) is 0 Å². The molecule has 10 aromatic heterocycles. The fourth-order valence-electron chi connectivity index (χ4n) is 16.0. The number of rotatable bonds is 6. The van der Waals surface area contributed by atoms with Gasteiger partial charge in [0, 0.05) is 44.3 Å². The normalized spacial score (nSPS) is 37.7. The molecule has 21 rings (SSSR count). The zero-order valence-electron chi connectivity index (χ0n) is 66.6. The van der Waals surface area contributed by atoms with E-state index in [1.165, 1.54) is 55.9 Å². The lowest BCUT2D eigenvalue weighted by Crippen LogP contribution is -2.34. The van der Waals surface area contributed by atoms with Crippen LogP contribution in [0.3, 0.4) is 0 Å². The van der Waals surface area contributed by atoms with E-state index in [0.717, 1.165) is 23.5 Å². The maximum Gasteiger partial charge on any atom is 0.386 e. The fourth-order valence-corrected chi connectivity index (χ4v) is 24.7. The first-order valence-electron chi connectivity index (χ1n) is 39.0. The monoisotopic (exact) mass is 2090 g/mol. The van der Waals surface area contributed by atoms with Crippen LogP contribution in [0.2, 0.25) is 0 Å². The molecule has 9 fully saturated rings. The lowest BCUT2D eigenvalue weighted by molar-refractivity contribution is -0.0598. The molecule has 21 heterocycles. The molecule has 9 saturated heterocycles. The van der Waals surface area contributed by atoms with Gasteiger partial charge in [-0.2, -0.15) is 15.0 Å². The standard InChI is InChI=1S/C21H22F2N8O10P2S2.C21H24FN9O9P2S2.C21H23FN8O10P2S2/c22-10-8-3-36-42(34,44)40-14-9(39-19(11(14)23)30-5-26-12-7(32)1-2-25-16(12)30)4-37-43(35,45)41-15(10)20(38-8)31-6-27-13-17(31)28-21(24)29-18(13)33;22-13-11-5-36-41(33,43)39-9-3-12(30-6-26-14-8(23)1-2-25-17(14)30)37-10(9)4-35-42(34,44)40-16(13)20(38-11)31-7-27-15-18(31)28-21(24)29-19(15)32;22-13-11-5-36-41(33,43)39-9-3-12(29-6-25-14-8(31)1-2-24-17(14)29)37-10(9)4-35-42(34,44)40-16(13)20(38-11)30-7-26-15-18(30)27-21(23)28-19(15)32/h2,5-6,8-11,14-15,19-20H,1,3-4H2,(H,34,44)(H,35,45)(H3,24,28,29,33);1-2,6-7,9-13,16,20H,3-5H2,(H2,23,25)(H,33,43)(H,34,44)(H3,24,28,29,32);2,6-7,9-13,16,20H,1,3-5H2,(H,33,43)(H,34,44)(H3,23,27,28,32)/t8-,9-,10-,11+,14-,15-,19-,20-,42?,43?;2*9-,10+,11+,12+,13+,16+,20+,41?,42?/m100/s1. The number of thiol groups is 1. The quantitative estimate of drug-likeness (QED) is 0.0646. The highest BCUT2D eigenvalue weighted by atomic mass is 32.7. The van der Waals surface area contributed by atoms with Crippen molar-refractivity contribution in [1.29, 1.82) is 0 Å². The molecular formula is C63H69F4N25O29P6S6. The van der Waals surface area contributed by atoms with E-state index in [9.17, 15) is 53.0 Å². The van der Waals surface area contributed by atoms with Gasteiger partial charge in [-0.15, -0.1) is 0 Å². The number of pyridine rings is 1. The Kier molecular flexibility index (Phi) is 25.9. The second-order valence-corrected chi connectivity index (χ2v) is 47.3. The second-order valence-electron chi connectivity index (χ2n) is 30.5. The van der Waals surface area contributed by atoms with Crippen LogP contribution in [0, 0.1) is 0 Å². The van der Waals surface area contributed by atoms with Crippen LogP contribution in [0.4, 0.5) is 52.7 Å². The third-order valence-corrected chi connectivity index (χ3v) is 31.5. The number of imidazole rings is 6. The molecule has 0 aliphatic carbocycles. The number of hydrogen-bond acceptors (Lipinski definition) is 45. The minimum atomic E-state index is -4.50. The molecule has 0 saturated carbocycles. The fraction of sp³-hybridized carbons (Fsp3) is 0.508. The SMILES string of the molecule is Nc1nc2c(ncn2[C@@H]2O[C@@H]3COP(O)(=S)O[C@H]4C[C@H](n5cnc6c(N)ccnc65)O[C@@H]4COP(O)(=S)O[C@@H]2[C@@H]3F)c(=O)[nH]1.Nc1nc2c(ncn2[C@@H]2O[C@@H]3COP(O)(=S)O[C@H]4C[C@H](n5cnc6c5N=CCC6=O)O[C@@H]4COP(O)(=S)O[C@@H]2[C@@H]3F)c(=O)[nH]1.Nc1nc2c(ncn2[C@@H]2O[C@@H]3COP(O)(=S)O[C@H]4[C@H](F)[C@H](n5cnc6c5N=CCC6=O)O[C@@H]4COP(=O)(S)O[C@@H]2[C@@H]3F)c(=O)[nH]1. The molecule has 0 amide bonds. The van der Waals surface area contributed by atoms with Crippen molar-refractivity contribution in [3.05, 3.63) is 92.7 Å². The summed E-state index contributed by atoms with van der Waals surface area (Å²) in [6.45, 7) is -28.8. The number of nitrogens with two attached hydrogens (primary N) is 4. The van der Waals surface area contributed by atoms with Gasteiger partial charge >= 0.3 is 40.4 Å². The summed E-state index contributed by atoms with van der Waals surface area (Å²) >= 11 is 30.0. The van der Waals surface area contributed by atoms with Crippen molar-refractivity contribution in [2.24, 2.45) is 9.98 Å². The van der Waals surface area contributed by atoms with E-state index in [-0.39, 0.29) is 112 Å². The summed E-state index contributed by atoms with van der Waals surface area (Å²) in [6.07, 6.45) is -19.3. The number of anilines is 4. The van der Waals surface area contributed by atoms with Crippen molar-refractivity contribution in [3.8, 4) is 0 Å². The topological polar surface area (TPSA) is 704 Å². The molecule has 11 aliphatic heterocycles. The van der Waals surface area contributed by atoms with Crippen molar-refractivity contribution >= 4 is 215 Å². The lowest BCUT2D eigenvalue weighted by Gasteiger charge is -2.27. The first-order valence-corrected chi connectivity index (χ1v) is 54.7. The molecule has 11 aliphatic rings. The number of aromatic amines is 3. The molecule has 133 heavy (non-hydrogen) atoms. The first-order chi connectivity index (χ1) is 63.1. The van der Waals surface area contributed by atoms with Gasteiger partial charge in [-0.05, 0) is 65.1 Å². The van der Waals surface area contributed by atoms with Crippen LogP contribution in [0.1, 0.15) is 84.0 Å². The molecule has 0 radical (unpaired) electrons. The number of nitrogens with zero attached hydrogens (tertiary/aromatic N) is 18. The van der Waals surface area contributed by atoms with Gasteiger partial charge in [0.2, 0.25) is 17.8 Å². The van der Waals surface area contributed by atoms with Gasteiger partial charge < -0.3 is 107 Å². The minimum Gasteiger partial charge on any atom is -0.397 e. The van der Waals surface area contributed by atoms with Gasteiger partial charge in [-0.25, -0.2) is 67.0 Å². The zero-order valence-corrected chi connectivity index (χ0v) is 77.0. The summed E-state index contributed by atoms with van der Waals surface area (Å²) < 4.78 is 187. The van der Waals surface area contributed by atoms with Gasteiger partial charge in [-0.1, -0.05) is 12.2 Å². The third-order valence-electron chi connectivity index (χ3n) is 22.0. The number of fused-ring (bicyclic) bond motifs is 15. The van der Waals surface area contributed by atoms with Crippen LogP contribution in [0.15, 0.2) is 74.6 Å². The van der Waals surface area contributed by atoms with Crippen LogP contribution >= 0.6 is 52.6 Å². The van der Waals surface area contributed by atoms with E-state index in [1.807, 2.05) is 0 Å². The molecule has 0 aromatic carbocycles. The van der Waals surface area contributed by atoms with E-state index in [1.54, 1.807) is 10.6 Å². The molecule has 6 unspecified atom stereocenters. The number of aliphatic imine (C=N–C) groups is 2. The van der Waals surface area contributed by atoms with E-state index in [4.69, 9.17) is 165 Å². The van der Waals surface area contributed by atoms with Crippen molar-refractivity contribution < 1.29 is 139 Å². The van der Waals surface area contributed by atoms with Gasteiger partial charge in [0.05, 0.1) is 95.5 Å². The number of Topliss-reactive ketones (excluding diaryl/α,β-unsaturated/α-hetero) is 2. The van der Waals surface area contributed by atoms with E-state index in [0.29, 0.717) is 16.9 Å². The highest BCUT2D eigenvalue weighted by Crippen LogP contribution is 2.61. The number of halogens is 4. The molecule has 28 atom stereocenters. The van der Waals surface area contributed by atoms with Crippen molar-refractivity contribution in [2.75, 3.05) is 62.6 Å². The van der Waals surface area contributed by atoms with Gasteiger partial charge in [0.25, 0.3) is 16.7 Å². The summed E-state index contributed by atoms with van der Waals surface area (Å²) in [7, 11) is 0. The largest absolute Gasteiger partial charge is 0.397 e. The minimum absolute atomic E-state index is 0.00967. The number of carbonyl (C=O) groups is 2. The van der Waals surface area contributed by atoms with E-state index >= 15 is 17.6 Å². The maximum absolute atomic E-state index is 16.0. The molecule has 6 bridgehead atoms. The highest BCUT2D eigenvalue weighted by molar-refractivity contribution is 8.44. The maximum atomic E-state index is 16.0. The highest BCUT2D eigenvalue weighted by Gasteiger charge is 2.58. The predicted molar refractivity (Wildman–Crippen MR) is 465 cm³/mol. The lowest BCUT2D eigenvalue weighted by atomic mass is 10.1. The van der Waals surface area contributed by atoms with Crippen molar-refractivity contribution in [1.82, 2.24) is 92.2 Å². The number of nitrogen functional groups attached to an aromatic ring is 4. The van der Waals surface area contributed by atoms with Gasteiger partial charge in [0.1, 0.15) is 79.0 Å². The Hall–Kier alpha value is -7.40. The Morgan fingerprint density at radius 1 is 0.391 bits per heavy atom. The van der Waals surface area contributed by atoms with Crippen LogP contribution < -0.4 is 39.6 Å². The van der Waals surface area contributed by atoms with Crippen LogP contribution in [-0.4, -0.2) is 278 Å². The summed E-state index contributed by atoms with van der Waals surface area (Å²) in [5, 5.41) is 0. The smallest absolute Gasteiger partial charge is 0.386 e. The predicted octanol–water partition coefficient (Wildman–Crippen LogP) is 2.59. The summed E-state index contributed by atoms with van der Waals surface area (Å²) in [4.78, 5) is 172. The van der Waals surface area contributed by atoms with E-state index in [2.05, 4.69) is 87.0 Å². The van der Waals surface area contributed by atoms with Crippen molar-refractivity contribution in [2.45, 2.75) is 161 Å². The number of nitrogens with one attached hydrogen (secondary N) is 3. The number of hydrogen-bond donors (Lipinski definition) is 13. The number of aromatic nitrogens is 19. The number of ether oxygens (including phenoxy) is 6. The number of carbonyl (C=O) groups excluding carboxylic acids is 2. The summed E-state index contributed by atoms with van der Waals surface area (Å²) in [5.41, 5.74) is 22.0. The molecule has 54 nitrogen and oxygen atoms in total.